The van der Waals surface area contributed by atoms with Gasteiger partial charge < -0.3 is 10.2 Å². The van der Waals surface area contributed by atoms with Crippen molar-refractivity contribution in [1.82, 2.24) is 0 Å². The quantitative estimate of drug-likeness (QED) is 0.671. The second-order valence-electron chi connectivity index (χ2n) is 3.61. The molecule has 2 aromatic rings. The van der Waals surface area contributed by atoms with Crippen LogP contribution in [0.25, 0.3) is 0 Å². The number of sulfone groups is 1. The fourth-order valence-electron chi connectivity index (χ4n) is 1.37. The Hall–Kier alpha value is -1.50. The van der Waals surface area contributed by atoms with Crippen molar-refractivity contribution in [1.29, 1.82) is 5.41 Å². The molecule has 0 atom stereocenters. The predicted molar refractivity (Wildman–Crippen MR) is 71.6 cm³/mol. The highest BCUT2D eigenvalue weighted by molar-refractivity contribution is 7.91. The van der Waals surface area contributed by atoms with E-state index >= 15 is 0 Å². The van der Waals surface area contributed by atoms with Crippen LogP contribution in [0.5, 0.6) is 0 Å². The Labute approximate surface area is 119 Å². The van der Waals surface area contributed by atoms with Gasteiger partial charge in [0.15, 0.2) is 11.6 Å². The van der Waals surface area contributed by atoms with E-state index in [1.165, 1.54) is 30.3 Å². The van der Waals surface area contributed by atoms with Gasteiger partial charge in [0.1, 0.15) is 0 Å². The summed E-state index contributed by atoms with van der Waals surface area (Å²) >= 11 is 11.5. The van der Waals surface area contributed by atoms with Gasteiger partial charge in [0.25, 0.3) is 0 Å². The zero-order chi connectivity index (χ0) is 14.2. The second-order valence-corrected chi connectivity index (χ2v) is 6.31. The van der Waals surface area contributed by atoms with Crippen molar-refractivity contribution in [2.24, 2.45) is 5.73 Å². The summed E-state index contributed by atoms with van der Waals surface area (Å²) in [6.45, 7) is 0. The number of hydrogen-bond donors (Lipinski definition) is 2. The number of furan rings is 1. The summed E-state index contributed by atoms with van der Waals surface area (Å²) in [5, 5.41) is 7.24. The maximum Gasteiger partial charge on any atom is 0.239 e. The molecule has 0 aliphatic heterocycles. The molecule has 2 rings (SSSR count). The third-order valence-electron chi connectivity index (χ3n) is 2.31. The van der Waals surface area contributed by atoms with E-state index in [9.17, 15) is 8.42 Å². The van der Waals surface area contributed by atoms with Crippen LogP contribution in [-0.2, 0) is 9.84 Å². The number of benzene rings is 1. The van der Waals surface area contributed by atoms with Crippen LogP contribution in [-0.4, -0.2) is 14.3 Å². The molecule has 19 heavy (non-hydrogen) atoms. The fourth-order valence-corrected chi connectivity index (χ4v) is 2.93. The maximum atomic E-state index is 12.2. The molecule has 0 bridgehead atoms. The van der Waals surface area contributed by atoms with Crippen molar-refractivity contribution in [3.63, 3.8) is 0 Å². The van der Waals surface area contributed by atoms with Crippen molar-refractivity contribution in [3.05, 3.63) is 46.1 Å². The first-order valence-corrected chi connectivity index (χ1v) is 7.20. The van der Waals surface area contributed by atoms with E-state index in [4.69, 9.17) is 38.8 Å². The highest BCUT2D eigenvalue weighted by atomic mass is 35.5. The maximum absolute atomic E-state index is 12.2. The summed E-state index contributed by atoms with van der Waals surface area (Å²) in [6, 6.07) is 6.47. The van der Waals surface area contributed by atoms with Crippen molar-refractivity contribution in [2.45, 2.75) is 9.99 Å². The SMILES string of the molecule is N=C(N)c1ccc(S(=O)(=O)c2ccc(Cl)c(Cl)c2)o1. The van der Waals surface area contributed by atoms with E-state index in [1.807, 2.05) is 0 Å². The topological polar surface area (TPSA) is 97.1 Å². The molecule has 0 saturated carbocycles. The molecule has 0 aliphatic rings. The minimum Gasteiger partial charge on any atom is -0.441 e. The Morgan fingerprint density at radius 2 is 1.84 bits per heavy atom. The van der Waals surface area contributed by atoms with Crippen molar-refractivity contribution in [2.75, 3.05) is 0 Å². The summed E-state index contributed by atoms with van der Waals surface area (Å²) < 4.78 is 29.5. The van der Waals surface area contributed by atoms with Crippen LogP contribution in [0.15, 0.2) is 44.7 Å². The van der Waals surface area contributed by atoms with Gasteiger partial charge in [0.2, 0.25) is 14.9 Å². The summed E-state index contributed by atoms with van der Waals surface area (Å²) in [6.07, 6.45) is 0. The van der Waals surface area contributed by atoms with E-state index in [2.05, 4.69) is 0 Å². The number of nitrogens with two attached hydrogens (primary N) is 1. The Bertz CT molecular complexity index is 753. The van der Waals surface area contributed by atoms with Gasteiger partial charge in [-0.1, -0.05) is 23.2 Å². The normalized spacial score (nSPS) is 11.5. The number of halogens is 2. The van der Waals surface area contributed by atoms with Gasteiger partial charge in [-0.15, -0.1) is 0 Å². The molecule has 0 radical (unpaired) electrons. The lowest BCUT2D eigenvalue weighted by Crippen LogP contribution is -2.09. The average molecular weight is 319 g/mol. The van der Waals surface area contributed by atoms with Gasteiger partial charge in [-0.25, -0.2) is 8.42 Å². The largest absolute Gasteiger partial charge is 0.441 e. The summed E-state index contributed by atoms with van der Waals surface area (Å²) in [5.41, 5.74) is 5.21. The van der Waals surface area contributed by atoms with Gasteiger partial charge >= 0.3 is 0 Å². The molecular formula is C11H8Cl2N2O3S. The predicted octanol–water partition coefficient (Wildman–Crippen LogP) is 2.70. The monoisotopic (exact) mass is 318 g/mol. The van der Waals surface area contributed by atoms with Gasteiger partial charge in [0, 0.05) is 0 Å². The molecule has 3 N–H and O–H groups in total. The molecule has 1 aromatic heterocycles. The minimum atomic E-state index is -3.85. The lowest BCUT2D eigenvalue weighted by Gasteiger charge is -2.03. The van der Waals surface area contributed by atoms with E-state index < -0.39 is 9.84 Å². The second kappa shape index (κ2) is 4.88. The number of amidine groups is 1. The van der Waals surface area contributed by atoms with Crippen LogP contribution in [0.1, 0.15) is 5.76 Å². The molecular weight excluding hydrogens is 311 g/mol. The Kier molecular flexibility index (Phi) is 3.58. The van der Waals surface area contributed by atoms with Crippen LogP contribution >= 0.6 is 23.2 Å². The zero-order valence-corrected chi connectivity index (χ0v) is 11.7. The molecule has 0 spiro atoms. The van der Waals surface area contributed by atoms with Crippen LogP contribution < -0.4 is 5.73 Å². The van der Waals surface area contributed by atoms with E-state index in [0.717, 1.165) is 0 Å². The molecule has 100 valence electrons. The Morgan fingerprint density at radius 1 is 1.16 bits per heavy atom. The van der Waals surface area contributed by atoms with Crippen molar-refractivity contribution < 1.29 is 12.8 Å². The molecule has 0 fully saturated rings. The average Bonchev–Trinajstić information content (AvgIpc) is 2.82. The van der Waals surface area contributed by atoms with Crippen molar-refractivity contribution >= 4 is 38.9 Å². The first-order valence-electron chi connectivity index (χ1n) is 4.97. The summed E-state index contributed by atoms with van der Waals surface area (Å²) in [5.74, 6) is -0.366. The molecule has 0 amide bonds. The van der Waals surface area contributed by atoms with Crippen LogP contribution in [0.2, 0.25) is 10.0 Å². The van der Waals surface area contributed by atoms with Gasteiger partial charge in [0.05, 0.1) is 14.9 Å². The summed E-state index contributed by atoms with van der Waals surface area (Å²) in [4.78, 5) is -0.0497. The standard InChI is InChI=1S/C11H8Cl2N2O3S/c12-7-2-1-6(5-8(7)13)19(16,17)10-4-3-9(18-10)11(14)15/h1-5H,(H3,14,15). The zero-order valence-electron chi connectivity index (χ0n) is 9.35. The van der Waals surface area contributed by atoms with Crippen LogP contribution in [0, 0.1) is 5.41 Å². The van der Waals surface area contributed by atoms with Crippen LogP contribution in [0.4, 0.5) is 0 Å². The smallest absolute Gasteiger partial charge is 0.239 e. The van der Waals surface area contributed by atoms with E-state index in [0.29, 0.717) is 0 Å². The highest BCUT2D eigenvalue weighted by Crippen LogP contribution is 2.29. The lowest BCUT2D eigenvalue weighted by molar-refractivity contribution is 0.443. The van der Waals surface area contributed by atoms with Gasteiger partial charge in [-0.3, -0.25) is 5.41 Å². The number of nitrogen functional groups attached to an aromatic ring is 1. The third-order valence-corrected chi connectivity index (χ3v) is 4.68. The van der Waals surface area contributed by atoms with Crippen LogP contribution in [0.3, 0.4) is 0 Å². The van der Waals surface area contributed by atoms with E-state index in [1.54, 1.807) is 0 Å². The first-order chi connectivity index (χ1) is 8.82. The van der Waals surface area contributed by atoms with Crippen molar-refractivity contribution in [3.8, 4) is 0 Å². The number of nitrogens with one attached hydrogen (secondary N) is 1. The Morgan fingerprint density at radius 3 is 2.37 bits per heavy atom. The molecule has 1 heterocycles. The van der Waals surface area contributed by atoms with Gasteiger partial charge in [-0.05, 0) is 30.3 Å². The minimum absolute atomic E-state index is 0.0152. The fraction of sp³-hybridized carbons (Fsp3) is 0. The summed E-state index contributed by atoms with van der Waals surface area (Å²) in [7, 11) is -3.85. The number of rotatable bonds is 3. The molecule has 0 aliphatic carbocycles. The lowest BCUT2D eigenvalue weighted by atomic mass is 10.4. The Balaban J connectivity index is 2.52. The molecule has 8 heteroatoms. The molecule has 0 unspecified atom stereocenters. The van der Waals surface area contributed by atoms with Gasteiger partial charge in [-0.2, -0.15) is 0 Å². The third kappa shape index (κ3) is 2.60. The number of hydrogen-bond acceptors (Lipinski definition) is 4. The van der Waals surface area contributed by atoms with E-state index in [-0.39, 0.29) is 31.6 Å². The first kappa shape index (κ1) is 13.9. The highest BCUT2D eigenvalue weighted by Gasteiger charge is 2.23. The molecule has 0 saturated heterocycles. The molecule has 1 aromatic carbocycles. The molecule has 5 nitrogen and oxygen atoms in total.